The van der Waals surface area contributed by atoms with Crippen LogP contribution in [0.1, 0.15) is 24.2 Å². The molecule has 142 valence electrons. The Balaban J connectivity index is 1.53. The first kappa shape index (κ1) is 18.0. The topological polar surface area (TPSA) is 55.8 Å². The van der Waals surface area contributed by atoms with Gasteiger partial charge < -0.3 is 9.47 Å². The predicted octanol–water partition coefficient (Wildman–Crippen LogP) is 4.50. The normalized spacial score (nSPS) is 18.9. The Hall–Kier alpha value is -3.34. The van der Waals surface area contributed by atoms with Crippen molar-refractivity contribution in [2.24, 2.45) is 0 Å². The Morgan fingerprint density at radius 2 is 1.75 bits per heavy atom. The van der Waals surface area contributed by atoms with Crippen LogP contribution in [-0.2, 0) is 16.0 Å². The Bertz CT molecular complexity index is 1030. The monoisotopic (exact) mass is 375 g/mol. The van der Waals surface area contributed by atoms with Gasteiger partial charge in [0.05, 0.1) is 19.6 Å². The van der Waals surface area contributed by atoms with Gasteiger partial charge in [0.2, 0.25) is 5.91 Å². The maximum absolute atomic E-state index is 12.9. The first-order valence-corrected chi connectivity index (χ1v) is 9.21. The average Bonchev–Trinajstić information content (AvgIpc) is 3.02. The van der Waals surface area contributed by atoms with E-state index in [1.807, 2.05) is 73.7 Å². The van der Waals surface area contributed by atoms with Crippen LogP contribution in [0.4, 0.5) is 4.79 Å². The van der Waals surface area contributed by atoms with E-state index in [4.69, 9.17) is 9.47 Å². The van der Waals surface area contributed by atoms with Crippen LogP contribution in [0.25, 0.3) is 10.8 Å². The number of carbonyl (C=O) groups excluding carboxylic acids is 2. The minimum Gasteiger partial charge on any atom is -0.497 e. The number of rotatable bonds is 4. The zero-order valence-corrected chi connectivity index (χ0v) is 15.8. The summed E-state index contributed by atoms with van der Waals surface area (Å²) in [6.45, 7) is 1.84. The van der Waals surface area contributed by atoms with E-state index in [9.17, 15) is 9.59 Å². The van der Waals surface area contributed by atoms with E-state index in [1.54, 1.807) is 7.11 Å². The van der Waals surface area contributed by atoms with E-state index in [1.165, 1.54) is 4.90 Å². The number of nitrogens with zero attached hydrogens (tertiary/aromatic N) is 1. The molecule has 3 aromatic rings. The number of hydrogen-bond donors (Lipinski definition) is 0. The first-order chi connectivity index (χ1) is 13.6. The molecule has 2 amide bonds. The molecule has 0 radical (unpaired) electrons. The van der Waals surface area contributed by atoms with Crippen molar-refractivity contribution in [3.63, 3.8) is 0 Å². The van der Waals surface area contributed by atoms with Crippen molar-refractivity contribution in [2.45, 2.75) is 25.5 Å². The van der Waals surface area contributed by atoms with Crippen molar-refractivity contribution in [3.8, 4) is 5.75 Å². The van der Waals surface area contributed by atoms with Gasteiger partial charge in [-0.15, -0.1) is 0 Å². The zero-order valence-electron chi connectivity index (χ0n) is 15.8. The zero-order chi connectivity index (χ0) is 19.7. The van der Waals surface area contributed by atoms with Gasteiger partial charge in [0.25, 0.3) is 0 Å². The molecule has 0 N–H and O–H groups in total. The van der Waals surface area contributed by atoms with Crippen LogP contribution >= 0.6 is 0 Å². The molecule has 0 spiro atoms. The van der Waals surface area contributed by atoms with Crippen LogP contribution in [0, 0.1) is 0 Å². The fourth-order valence-corrected chi connectivity index (χ4v) is 3.65. The summed E-state index contributed by atoms with van der Waals surface area (Å²) in [5.41, 5.74) is 1.74. The summed E-state index contributed by atoms with van der Waals surface area (Å²) in [4.78, 5) is 26.4. The third kappa shape index (κ3) is 3.31. The standard InChI is InChI=1S/C23H21NO4/c1-15-22(17-6-4-3-5-7-17)28-23(26)24(15)21(25)13-16-8-9-19-14-20(27-2)11-10-18(19)12-16/h3-12,14-15,22H,13H2,1-2H3/t15-,22-/m0/s1. The molecule has 1 aliphatic rings. The molecule has 28 heavy (non-hydrogen) atoms. The van der Waals surface area contributed by atoms with E-state index in [0.717, 1.165) is 27.6 Å². The number of ether oxygens (including phenoxy) is 2. The van der Waals surface area contributed by atoms with Gasteiger partial charge in [0.1, 0.15) is 11.9 Å². The highest BCUT2D eigenvalue weighted by atomic mass is 16.6. The van der Waals surface area contributed by atoms with Gasteiger partial charge in [-0.1, -0.05) is 54.6 Å². The lowest BCUT2D eigenvalue weighted by Gasteiger charge is -2.19. The molecule has 1 fully saturated rings. The van der Waals surface area contributed by atoms with Gasteiger partial charge in [-0.3, -0.25) is 4.79 Å². The van der Waals surface area contributed by atoms with Crippen molar-refractivity contribution in [3.05, 3.63) is 77.9 Å². The second kappa shape index (κ2) is 7.35. The van der Waals surface area contributed by atoms with Crippen molar-refractivity contribution >= 4 is 22.8 Å². The molecule has 5 nitrogen and oxygen atoms in total. The Labute approximate surface area is 163 Å². The average molecular weight is 375 g/mol. The van der Waals surface area contributed by atoms with E-state index in [2.05, 4.69) is 0 Å². The van der Waals surface area contributed by atoms with Crippen molar-refractivity contribution in [1.29, 1.82) is 0 Å². The van der Waals surface area contributed by atoms with Gasteiger partial charge in [0.15, 0.2) is 0 Å². The molecule has 1 heterocycles. The molecule has 2 atom stereocenters. The van der Waals surface area contributed by atoms with Gasteiger partial charge in [0, 0.05) is 0 Å². The molecule has 0 bridgehead atoms. The van der Waals surface area contributed by atoms with Gasteiger partial charge in [-0.05, 0) is 41.0 Å². The van der Waals surface area contributed by atoms with Crippen molar-refractivity contribution < 1.29 is 19.1 Å². The smallest absolute Gasteiger partial charge is 0.417 e. The van der Waals surface area contributed by atoms with Crippen LogP contribution in [0.3, 0.4) is 0 Å². The Morgan fingerprint density at radius 1 is 1.04 bits per heavy atom. The van der Waals surface area contributed by atoms with Gasteiger partial charge >= 0.3 is 6.09 Å². The number of cyclic esters (lactones) is 1. The molecule has 0 unspecified atom stereocenters. The fraction of sp³-hybridized carbons (Fsp3) is 0.217. The summed E-state index contributed by atoms with van der Waals surface area (Å²) in [6.07, 6.45) is -0.887. The number of fused-ring (bicyclic) bond motifs is 1. The molecule has 1 aliphatic heterocycles. The molecule has 0 saturated carbocycles. The van der Waals surface area contributed by atoms with E-state index < -0.39 is 12.2 Å². The number of carbonyl (C=O) groups is 2. The van der Waals surface area contributed by atoms with E-state index in [0.29, 0.717) is 0 Å². The van der Waals surface area contributed by atoms with E-state index >= 15 is 0 Å². The third-order valence-electron chi connectivity index (χ3n) is 5.13. The lowest BCUT2D eigenvalue weighted by molar-refractivity contribution is -0.128. The van der Waals surface area contributed by atoms with Gasteiger partial charge in [-0.25, -0.2) is 9.69 Å². The molecule has 0 aliphatic carbocycles. The second-order valence-corrected chi connectivity index (χ2v) is 6.94. The maximum Gasteiger partial charge on any atom is 0.417 e. The van der Waals surface area contributed by atoms with Crippen LogP contribution in [0.2, 0.25) is 0 Å². The fourth-order valence-electron chi connectivity index (χ4n) is 3.65. The molecular formula is C23H21NO4. The molecule has 4 rings (SSSR count). The van der Waals surface area contributed by atoms with Crippen LogP contribution < -0.4 is 4.74 Å². The van der Waals surface area contributed by atoms with Crippen LogP contribution in [-0.4, -0.2) is 30.1 Å². The second-order valence-electron chi connectivity index (χ2n) is 6.94. The minimum absolute atomic E-state index is 0.142. The maximum atomic E-state index is 12.9. The first-order valence-electron chi connectivity index (χ1n) is 9.21. The lowest BCUT2D eigenvalue weighted by Crippen LogP contribution is -2.38. The number of benzene rings is 3. The van der Waals surface area contributed by atoms with Gasteiger partial charge in [-0.2, -0.15) is 0 Å². The number of imide groups is 1. The van der Waals surface area contributed by atoms with Crippen molar-refractivity contribution in [2.75, 3.05) is 7.11 Å². The molecule has 0 aromatic heterocycles. The molecule has 3 aromatic carbocycles. The largest absolute Gasteiger partial charge is 0.497 e. The predicted molar refractivity (Wildman–Crippen MR) is 106 cm³/mol. The highest BCUT2D eigenvalue weighted by Crippen LogP contribution is 2.32. The third-order valence-corrected chi connectivity index (χ3v) is 5.13. The lowest BCUT2D eigenvalue weighted by atomic mass is 10.0. The number of hydrogen-bond acceptors (Lipinski definition) is 4. The summed E-state index contributed by atoms with van der Waals surface area (Å²) < 4.78 is 10.7. The Morgan fingerprint density at radius 3 is 2.50 bits per heavy atom. The Kier molecular flexibility index (Phi) is 4.74. The molecule has 5 heteroatoms. The summed E-state index contributed by atoms with van der Waals surface area (Å²) in [6, 6.07) is 20.8. The quantitative estimate of drug-likeness (QED) is 0.674. The highest BCUT2D eigenvalue weighted by Gasteiger charge is 2.43. The number of amides is 2. The van der Waals surface area contributed by atoms with E-state index in [-0.39, 0.29) is 18.4 Å². The van der Waals surface area contributed by atoms with Crippen LogP contribution in [0.15, 0.2) is 66.7 Å². The summed E-state index contributed by atoms with van der Waals surface area (Å²) in [7, 11) is 1.63. The molecule has 1 saturated heterocycles. The van der Waals surface area contributed by atoms with Crippen molar-refractivity contribution in [1.82, 2.24) is 4.90 Å². The van der Waals surface area contributed by atoms with Crippen LogP contribution in [0.5, 0.6) is 5.75 Å². The summed E-state index contributed by atoms with van der Waals surface area (Å²) >= 11 is 0. The highest BCUT2D eigenvalue weighted by molar-refractivity contribution is 5.95. The number of methoxy groups -OCH3 is 1. The molecular weight excluding hydrogens is 354 g/mol. The summed E-state index contributed by atoms with van der Waals surface area (Å²) in [5, 5.41) is 2.05. The minimum atomic E-state index is -0.586. The summed E-state index contributed by atoms with van der Waals surface area (Å²) in [5.74, 6) is 0.528. The SMILES string of the molecule is COc1ccc2cc(CC(=O)N3C(=O)O[C@H](c4ccccc4)[C@@H]3C)ccc2c1.